The van der Waals surface area contributed by atoms with Gasteiger partial charge in [-0.05, 0) is 23.8 Å². The zero-order chi connectivity index (χ0) is 13.9. The largest absolute Gasteiger partial charge is 0.366 e. The molecule has 0 fully saturated rings. The van der Waals surface area contributed by atoms with Crippen LogP contribution in [0.4, 0.5) is 0 Å². The summed E-state index contributed by atoms with van der Waals surface area (Å²) in [7, 11) is 0. The molecule has 2 aromatic heterocycles. The molecule has 0 saturated carbocycles. The van der Waals surface area contributed by atoms with Gasteiger partial charge in [0, 0.05) is 40.6 Å². The van der Waals surface area contributed by atoms with Gasteiger partial charge < -0.3 is 10.7 Å². The number of rotatable bonds is 3. The van der Waals surface area contributed by atoms with Crippen molar-refractivity contribution < 1.29 is 4.79 Å². The number of aromatic nitrogens is 2. The second-order valence-corrected chi connectivity index (χ2v) is 4.46. The molecule has 3 N–H and O–H groups in total. The van der Waals surface area contributed by atoms with Crippen molar-refractivity contribution in [2.24, 2.45) is 5.73 Å². The number of hydrogen-bond acceptors (Lipinski definition) is 2. The van der Waals surface area contributed by atoms with E-state index in [0.717, 1.165) is 22.0 Å². The van der Waals surface area contributed by atoms with Crippen molar-refractivity contribution in [1.29, 1.82) is 0 Å². The van der Waals surface area contributed by atoms with Crippen LogP contribution in [0.3, 0.4) is 0 Å². The summed E-state index contributed by atoms with van der Waals surface area (Å²) in [5.74, 6) is -0.460. The summed E-state index contributed by atoms with van der Waals surface area (Å²) in [4.78, 5) is 18.9. The highest BCUT2D eigenvalue weighted by Gasteiger charge is 2.13. The maximum atomic E-state index is 11.8. The number of primary amides is 1. The van der Waals surface area contributed by atoms with E-state index >= 15 is 0 Å². The molecular formula is C16H13N3O. The third kappa shape index (κ3) is 2.19. The Labute approximate surface area is 116 Å². The molecular weight excluding hydrogens is 250 g/mol. The Kier molecular flexibility index (Phi) is 3.05. The highest BCUT2D eigenvalue weighted by molar-refractivity contribution is 6.26. The molecule has 3 aromatic rings. The second-order valence-electron chi connectivity index (χ2n) is 4.46. The monoisotopic (exact) mass is 263 g/mol. The van der Waals surface area contributed by atoms with Gasteiger partial charge in [0.1, 0.15) is 0 Å². The Hall–Kier alpha value is -2.88. The zero-order valence-corrected chi connectivity index (χ0v) is 10.7. The van der Waals surface area contributed by atoms with Crippen LogP contribution in [0.2, 0.25) is 0 Å². The van der Waals surface area contributed by atoms with Crippen LogP contribution in [-0.2, 0) is 4.79 Å². The third-order valence-electron chi connectivity index (χ3n) is 3.14. The quantitative estimate of drug-likeness (QED) is 0.713. The van der Waals surface area contributed by atoms with E-state index < -0.39 is 5.91 Å². The number of nitrogens with one attached hydrogen (secondary N) is 1. The Morgan fingerprint density at radius 3 is 2.80 bits per heavy atom. The number of nitrogens with zero attached hydrogens (tertiary/aromatic N) is 1. The smallest absolute Gasteiger partial charge is 0.249 e. The third-order valence-corrected chi connectivity index (χ3v) is 3.14. The van der Waals surface area contributed by atoms with Gasteiger partial charge in [0.05, 0.1) is 0 Å². The van der Waals surface area contributed by atoms with E-state index in [-0.39, 0.29) is 0 Å². The molecule has 0 aliphatic carbocycles. The van der Waals surface area contributed by atoms with Crippen LogP contribution in [0.1, 0.15) is 11.1 Å². The molecule has 3 rings (SSSR count). The molecule has 98 valence electrons. The SMILES string of the molecule is NC(=O)/C(=C/c1cccnc1)c1c[nH]c2ccccc12. The molecule has 1 aromatic carbocycles. The van der Waals surface area contributed by atoms with E-state index in [4.69, 9.17) is 5.73 Å². The maximum absolute atomic E-state index is 11.8. The van der Waals surface area contributed by atoms with Gasteiger partial charge in [0.15, 0.2) is 0 Å². The first-order chi connectivity index (χ1) is 9.75. The summed E-state index contributed by atoms with van der Waals surface area (Å²) in [6.07, 6.45) is 6.94. The number of carbonyl (C=O) groups is 1. The van der Waals surface area contributed by atoms with E-state index in [1.807, 2.05) is 36.4 Å². The van der Waals surface area contributed by atoms with E-state index in [2.05, 4.69) is 9.97 Å². The molecule has 0 unspecified atom stereocenters. The predicted molar refractivity (Wildman–Crippen MR) is 79.6 cm³/mol. The Morgan fingerprint density at radius 1 is 1.20 bits per heavy atom. The topological polar surface area (TPSA) is 71.8 Å². The highest BCUT2D eigenvalue weighted by Crippen LogP contribution is 2.26. The molecule has 0 radical (unpaired) electrons. The van der Waals surface area contributed by atoms with Crippen LogP contribution in [0.5, 0.6) is 0 Å². The lowest BCUT2D eigenvalue weighted by molar-refractivity contribution is -0.112. The summed E-state index contributed by atoms with van der Waals surface area (Å²) in [5, 5.41) is 0.974. The van der Waals surface area contributed by atoms with Crippen molar-refractivity contribution >= 4 is 28.5 Å². The van der Waals surface area contributed by atoms with E-state index in [1.165, 1.54) is 0 Å². The summed E-state index contributed by atoms with van der Waals surface area (Å²) in [6, 6.07) is 11.5. The van der Waals surface area contributed by atoms with Gasteiger partial charge in [0.25, 0.3) is 0 Å². The molecule has 20 heavy (non-hydrogen) atoms. The Morgan fingerprint density at radius 2 is 2.05 bits per heavy atom. The van der Waals surface area contributed by atoms with Gasteiger partial charge in [-0.3, -0.25) is 9.78 Å². The number of H-pyrrole nitrogens is 1. The van der Waals surface area contributed by atoms with Gasteiger partial charge in [-0.2, -0.15) is 0 Å². The van der Waals surface area contributed by atoms with Gasteiger partial charge in [-0.1, -0.05) is 24.3 Å². The van der Waals surface area contributed by atoms with Crippen LogP contribution in [0.25, 0.3) is 22.6 Å². The molecule has 0 aliphatic rings. The highest BCUT2D eigenvalue weighted by atomic mass is 16.1. The minimum Gasteiger partial charge on any atom is -0.366 e. The first kappa shape index (κ1) is 12.2. The summed E-state index contributed by atoms with van der Waals surface area (Å²) in [5.41, 5.74) is 8.61. The van der Waals surface area contributed by atoms with Crippen LogP contribution in [0.15, 0.2) is 55.0 Å². The molecule has 1 amide bonds. The average Bonchev–Trinajstić information content (AvgIpc) is 2.89. The number of aromatic amines is 1. The lowest BCUT2D eigenvalue weighted by atomic mass is 10.0. The van der Waals surface area contributed by atoms with Crippen molar-refractivity contribution in [1.82, 2.24) is 9.97 Å². The van der Waals surface area contributed by atoms with Crippen molar-refractivity contribution in [2.45, 2.75) is 0 Å². The van der Waals surface area contributed by atoms with Gasteiger partial charge in [0.2, 0.25) is 5.91 Å². The fourth-order valence-corrected chi connectivity index (χ4v) is 2.20. The zero-order valence-electron chi connectivity index (χ0n) is 10.7. The Balaban J connectivity index is 2.17. The minimum atomic E-state index is -0.460. The second kappa shape index (κ2) is 5.01. The summed E-state index contributed by atoms with van der Waals surface area (Å²) < 4.78 is 0. The molecule has 2 heterocycles. The molecule has 4 heteroatoms. The minimum absolute atomic E-state index is 0.460. The van der Waals surface area contributed by atoms with Crippen molar-refractivity contribution in [3.8, 4) is 0 Å². The van der Waals surface area contributed by atoms with Gasteiger partial charge in [-0.15, -0.1) is 0 Å². The van der Waals surface area contributed by atoms with Crippen LogP contribution >= 0.6 is 0 Å². The molecule has 4 nitrogen and oxygen atoms in total. The van der Waals surface area contributed by atoms with E-state index in [0.29, 0.717) is 5.57 Å². The maximum Gasteiger partial charge on any atom is 0.249 e. The van der Waals surface area contributed by atoms with Crippen LogP contribution in [-0.4, -0.2) is 15.9 Å². The number of carbonyl (C=O) groups excluding carboxylic acids is 1. The van der Waals surface area contributed by atoms with Gasteiger partial charge in [-0.25, -0.2) is 0 Å². The van der Waals surface area contributed by atoms with Crippen molar-refractivity contribution in [3.05, 3.63) is 66.1 Å². The molecule has 0 spiro atoms. The van der Waals surface area contributed by atoms with E-state index in [9.17, 15) is 4.79 Å². The molecule has 0 saturated heterocycles. The normalized spacial score (nSPS) is 11.7. The molecule has 0 atom stereocenters. The molecule has 0 bridgehead atoms. The average molecular weight is 263 g/mol. The molecule has 0 aliphatic heterocycles. The lowest BCUT2D eigenvalue weighted by Crippen LogP contribution is -2.12. The van der Waals surface area contributed by atoms with Crippen LogP contribution in [0, 0.1) is 0 Å². The first-order valence-corrected chi connectivity index (χ1v) is 6.24. The predicted octanol–water partition coefficient (Wildman–Crippen LogP) is 2.59. The fraction of sp³-hybridized carbons (Fsp3) is 0. The number of amides is 1. The number of fused-ring (bicyclic) bond motifs is 1. The van der Waals surface area contributed by atoms with Crippen LogP contribution < -0.4 is 5.73 Å². The van der Waals surface area contributed by atoms with Crippen molar-refractivity contribution in [2.75, 3.05) is 0 Å². The van der Waals surface area contributed by atoms with Gasteiger partial charge >= 0.3 is 0 Å². The van der Waals surface area contributed by atoms with Crippen molar-refractivity contribution in [3.63, 3.8) is 0 Å². The number of benzene rings is 1. The number of nitrogens with two attached hydrogens (primary N) is 1. The first-order valence-electron chi connectivity index (χ1n) is 6.24. The lowest BCUT2D eigenvalue weighted by Gasteiger charge is -2.02. The Bertz CT molecular complexity index is 788. The van der Waals surface area contributed by atoms with E-state index in [1.54, 1.807) is 24.7 Å². The summed E-state index contributed by atoms with van der Waals surface area (Å²) >= 11 is 0. The standard InChI is InChI=1S/C16H13N3O/c17-16(20)13(8-11-4-3-7-18-9-11)14-10-19-15-6-2-1-5-12(14)15/h1-10,19H,(H2,17,20)/b13-8+. The number of hydrogen-bond donors (Lipinski definition) is 2. The summed E-state index contributed by atoms with van der Waals surface area (Å²) in [6.45, 7) is 0. The number of pyridine rings is 1. The number of para-hydroxylation sites is 1. The fourth-order valence-electron chi connectivity index (χ4n) is 2.20.